The molecule has 7 heteroatoms. The molecule has 4 nitrogen and oxygen atoms in total. The van der Waals surface area contributed by atoms with Crippen molar-refractivity contribution in [3.05, 3.63) is 24.0 Å². The number of hydrogen-bond donors (Lipinski definition) is 1. The summed E-state index contributed by atoms with van der Waals surface area (Å²) in [5, 5.41) is 3.07. The Hall–Kier alpha value is -1.79. The lowest BCUT2D eigenvalue weighted by Crippen LogP contribution is -2.42. The van der Waals surface area contributed by atoms with Crippen LogP contribution in [-0.4, -0.2) is 41.6 Å². The number of carbonyl (C=O) groups is 1. The first kappa shape index (κ1) is 15.6. The van der Waals surface area contributed by atoms with Gasteiger partial charge in [-0.2, -0.15) is 13.2 Å². The van der Waals surface area contributed by atoms with Gasteiger partial charge in [-0.05, 0) is 31.9 Å². The maximum Gasteiger partial charge on any atom is 0.391 e. The smallest absolute Gasteiger partial charge is 0.385 e. The Morgan fingerprint density at radius 3 is 2.67 bits per heavy atom. The van der Waals surface area contributed by atoms with Gasteiger partial charge < -0.3 is 10.2 Å². The summed E-state index contributed by atoms with van der Waals surface area (Å²) in [6.45, 7) is 2.89. The number of nitrogens with zero attached hydrogens (tertiary/aromatic N) is 2. The normalized spacial score (nSPS) is 16.9. The summed E-state index contributed by atoms with van der Waals surface area (Å²) in [7, 11) is 0. The van der Waals surface area contributed by atoms with Gasteiger partial charge in [0.2, 0.25) is 0 Å². The molecule has 2 rings (SSSR count). The standard InChI is InChI=1S/C14H18F3N3O/c1-2-18-11-3-6-19-12(9-11)13(21)20-7-4-10(5-8-20)14(15,16)17/h3,6,9-10H,2,4-5,7-8H2,1H3,(H,18,19). The molecule has 1 amide bonds. The van der Waals surface area contributed by atoms with Crippen molar-refractivity contribution in [2.75, 3.05) is 25.0 Å². The summed E-state index contributed by atoms with van der Waals surface area (Å²) in [6.07, 6.45) is -2.73. The molecule has 0 radical (unpaired) electrons. The molecule has 1 aliphatic heterocycles. The van der Waals surface area contributed by atoms with Gasteiger partial charge in [-0.1, -0.05) is 0 Å². The summed E-state index contributed by atoms with van der Waals surface area (Å²) < 4.78 is 37.8. The highest BCUT2D eigenvalue weighted by Crippen LogP contribution is 2.34. The number of halogens is 3. The Bertz CT molecular complexity index is 496. The first-order valence-corrected chi connectivity index (χ1v) is 6.97. The van der Waals surface area contributed by atoms with Crippen LogP contribution in [0.15, 0.2) is 18.3 Å². The first-order chi connectivity index (χ1) is 9.91. The molecule has 1 fully saturated rings. The van der Waals surface area contributed by atoms with Crippen LogP contribution >= 0.6 is 0 Å². The Kier molecular flexibility index (Phi) is 4.69. The van der Waals surface area contributed by atoms with Crippen molar-refractivity contribution in [3.63, 3.8) is 0 Å². The number of carbonyl (C=O) groups excluding carboxylic acids is 1. The highest BCUT2D eigenvalue weighted by Gasteiger charge is 2.41. The largest absolute Gasteiger partial charge is 0.391 e. The van der Waals surface area contributed by atoms with Crippen LogP contribution in [0.2, 0.25) is 0 Å². The van der Waals surface area contributed by atoms with Gasteiger partial charge >= 0.3 is 6.18 Å². The minimum atomic E-state index is -4.17. The number of rotatable bonds is 3. The quantitative estimate of drug-likeness (QED) is 0.933. The van der Waals surface area contributed by atoms with Gasteiger partial charge in [0, 0.05) is 31.5 Å². The zero-order valence-electron chi connectivity index (χ0n) is 11.8. The zero-order chi connectivity index (χ0) is 15.5. The van der Waals surface area contributed by atoms with E-state index in [9.17, 15) is 18.0 Å². The van der Waals surface area contributed by atoms with Crippen molar-refractivity contribution in [3.8, 4) is 0 Å². The molecule has 1 N–H and O–H groups in total. The molecule has 0 spiro atoms. The molecule has 0 aliphatic carbocycles. The SMILES string of the molecule is CCNc1ccnc(C(=O)N2CCC(C(F)(F)F)CC2)c1. The molecule has 2 heterocycles. The number of nitrogens with one attached hydrogen (secondary N) is 1. The number of alkyl halides is 3. The first-order valence-electron chi connectivity index (χ1n) is 6.97. The summed E-state index contributed by atoms with van der Waals surface area (Å²) in [6, 6.07) is 3.37. The molecule has 0 saturated carbocycles. The average molecular weight is 301 g/mol. The van der Waals surface area contributed by atoms with E-state index in [0.29, 0.717) is 6.54 Å². The summed E-state index contributed by atoms with van der Waals surface area (Å²) in [5.74, 6) is -1.61. The molecule has 1 aliphatic rings. The second-order valence-corrected chi connectivity index (χ2v) is 5.07. The van der Waals surface area contributed by atoms with Crippen molar-refractivity contribution in [1.29, 1.82) is 0 Å². The number of amides is 1. The van der Waals surface area contributed by atoms with Gasteiger partial charge in [0.15, 0.2) is 0 Å². The third-order valence-corrected chi connectivity index (χ3v) is 3.61. The van der Waals surface area contributed by atoms with E-state index in [0.717, 1.165) is 5.69 Å². The molecule has 0 unspecified atom stereocenters. The van der Waals surface area contributed by atoms with E-state index in [4.69, 9.17) is 0 Å². The van der Waals surface area contributed by atoms with E-state index in [2.05, 4.69) is 10.3 Å². The Labute approximate surface area is 121 Å². The lowest BCUT2D eigenvalue weighted by molar-refractivity contribution is -0.183. The Morgan fingerprint density at radius 1 is 1.43 bits per heavy atom. The van der Waals surface area contributed by atoms with Crippen LogP contribution in [0.5, 0.6) is 0 Å². The monoisotopic (exact) mass is 301 g/mol. The van der Waals surface area contributed by atoms with Crippen LogP contribution in [0.4, 0.5) is 18.9 Å². The van der Waals surface area contributed by atoms with Crippen LogP contribution in [0, 0.1) is 5.92 Å². The van der Waals surface area contributed by atoms with Crippen molar-refractivity contribution in [2.45, 2.75) is 25.9 Å². The van der Waals surface area contributed by atoms with Gasteiger partial charge in [0.25, 0.3) is 5.91 Å². The fraction of sp³-hybridized carbons (Fsp3) is 0.571. The highest BCUT2D eigenvalue weighted by molar-refractivity contribution is 5.93. The second-order valence-electron chi connectivity index (χ2n) is 5.07. The van der Waals surface area contributed by atoms with Crippen LogP contribution in [0.1, 0.15) is 30.3 Å². The number of hydrogen-bond acceptors (Lipinski definition) is 3. The fourth-order valence-electron chi connectivity index (χ4n) is 2.43. The zero-order valence-corrected chi connectivity index (χ0v) is 11.8. The van der Waals surface area contributed by atoms with E-state index in [1.54, 1.807) is 12.1 Å². The molecule has 21 heavy (non-hydrogen) atoms. The Morgan fingerprint density at radius 2 is 2.10 bits per heavy atom. The minimum absolute atomic E-state index is 0.0395. The topological polar surface area (TPSA) is 45.2 Å². The minimum Gasteiger partial charge on any atom is -0.385 e. The molecule has 0 atom stereocenters. The molecule has 1 saturated heterocycles. The molecular formula is C14H18F3N3O. The van der Waals surface area contributed by atoms with E-state index in [1.165, 1.54) is 11.1 Å². The third kappa shape index (κ3) is 3.86. The summed E-state index contributed by atoms with van der Waals surface area (Å²) in [5.41, 5.74) is 1.04. The van der Waals surface area contributed by atoms with Crippen molar-refractivity contribution >= 4 is 11.6 Å². The van der Waals surface area contributed by atoms with Crippen molar-refractivity contribution in [2.24, 2.45) is 5.92 Å². The van der Waals surface area contributed by atoms with E-state index in [1.807, 2.05) is 6.92 Å². The van der Waals surface area contributed by atoms with E-state index >= 15 is 0 Å². The number of aromatic nitrogens is 1. The van der Waals surface area contributed by atoms with Gasteiger partial charge in [-0.3, -0.25) is 9.78 Å². The number of anilines is 1. The van der Waals surface area contributed by atoms with Crippen LogP contribution in [-0.2, 0) is 0 Å². The molecule has 116 valence electrons. The average Bonchev–Trinajstić information content (AvgIpc) is 2.46. The lowest BCUT2D eigenvalue weighted by atomic mass is 9.96. The lowest BCUT2D eigenvalue weighted by Gasteiger charge is -2.32. The molecule has 1 aromatic rings. The van der Waals surface area contributed by atoms with Gasteiger partial charge in [-0.25, -0.2) is 0 Å². The molecule has 0 aromatic carbocycles. The van der Waals surface area contributed by atoms with Crippen LogP contribution in [0.25, 0.3) is 0 Å². The van der Waals surface area contributed by atoms with Gasteiger partial charge in [0.05, 0.1) is 5.92 Å². The maximum absolute atomic E-state index is 12.6. The van der Waals surface area contributed by atoms with Crippen LogP contribution < -0.4 is 5.32 Å². The molecular weight excluding hydrogens is 283 g/mol. The predicted octanol–water partition coefficient (Wildman–Crippen LogP) is 2.93. The van der Waals surface area contributed by atoms with Crippen molar-refractivity contribution in [1.82, 2.24) is 9.88 Å². The molecule has 1 aromatic heterocycles. The Balaban J connectivity index is 2.00. The maximum atomic E-state index is 12.6. The third-order valence-electron chi connectivity index (χ3n) is 3.61. The predicted molar refractivity (Wildman–Crippen MR) is 73.1 cm³/mol. The summed E-state index contributed by atoms with van der Waals surface area (Å²) in [4.78, 5) is 17.7. The number of likely N-dealkylation sites (tertiary alicyclic amines) is 1. The fourth-order valence-corrected chi connectivity index (χ4v) is 2.43. The molecule has 0 bridgehead atoms. The van der Waals surface area contributed by atoms with Crippen molar-refractivity contribution < 1.29 is 18.0 Å². The van der Waals surface area contributed by atoms with Gasteiger partial charge in [0.1, 0.15) is 5.69 Å². The van der Waals surface area contributed by atoms with Gasteiger partial charge in [-0.15, -0.1) is 0 Å². The van der Waals surface area contributed by atoms with E-state index in [-0.39, 0.29) is 37.5 Å². The highest BCUT2D eigenvalue weighted by atomic mass is 19.4. The second kappa shape index (κ2) is 6.32. The van der Waals surface area contributed by atoms with Crippen LogP contribution in [0.3, 0.4) is 0 Å². The number of pyridine rings is 1. The summed E-state index contributed by atoms with van der Waals surface area (Å²) >= 11 is 0. The van der Waals surface area contributed by atoms with E-state index < -0.39 is 12.1 Å². The number of piperidine rings is 1.